The van der Waals surface area contributed by atoms with Crippen molar-refractivity contribution < 1.29 is 14.4 Å². The second-order valence-corrected chi connectivity index (χ2v) is 5.82. The predicted molar refractivity (Wildman–Crippen MR) is 103 cm³/mol. The molecule has 0 spiro atoms. The van der Waals surface area contributed by atoms with Crippen LogP contribution in [-0.4, -0.2) is 24.2 Å². The maximum Gasteiger partial charge on any atom is 0.315 e. The second-order valence-electron chi connectivity index (χ2n) is 5.82. The summed E-state index contributed by atoms with van der Waals surface area (Å²) in [7, 11) is 1.40. The summed E-state index contributed by atoms with van der Waals surface area (Å²) in [5.41, 5.74) is 13.6. The quantitative estimate of drug-likeness (QED) is 0.332. The van der Waals surface area contributed by atoms with E-state index in [1.807, 2.05) is 32.0 Å². The van der Waals surface area contributed by atoms with Crippen LogP contribution in [0.15, 0.2) is 40.5 Å². The van der Waals surface area contributed by atoms with E-state index in [0.717, 1.165) is 16.7 Å². The first kappa shape index (κ1) is 19.7. The number of nitro groups is 1. The van der Waals surface area contributed by atoms with Crippen molar-refractivity contribution >= 4 is 17.9 Å². The normalized spacial score (nSPS) is 10.6. The Morgan fingerprint density at radius 1 is 1.26 bits per heavy atom. The molecular formula is C18H21N5O4. The maximum absolute atomic E-state index is 11.5. The van der Waals surface area contributed by atoms with Crippen LogP contribution >= 0.6 is 0 Å². The molecule has 0 fully saturated rings. The third-order valence-electron chi connectivity index (χ3n) is 3.73. The van der Waals surface area contributed by atoms with Gasteiger partial charge in [0.15, 0.2) is 5.75 Å². The SMILES string of the molecule is COc1cc(/C=N\N=C(N)N)cc([N+](=O)[O-])c1OCc1cc(C)ccc1C. The van der Waals surface area contributed by atoms with Gasteiger partial charge in [0.25, 0.3) is 0 Å². The molecule has 0 aliphatic heterocycles. The lowest BCUT2D eigenvalue weighted by Crippen LogP contribution is -2.21. The van der Waals surface area contributed by atoms with Crippen molar-refractivity contribution in [1.29, 1.82) is 0 Å². The van der Waals surface area contributed by atoms with Gasteiger partial charge in [-0.15, -0.1) is 5.10 Å². The summed E-state index contributed by atoms with van der Waals surface area (Å²) in [6.07, 6.45) is 1.28. The molecule has 0 aliphatic rings. The summed E-state index contributed by atoms with van der Waals surface area (Å²) in [6.45, 7) is 4.09. The van der Waals surface area contributed by atoms with Crippen LogP contribution in [0.4, 0.5) is 5.69 Å². The van der Waals surface area contributed by atoms with Crippen molar-refractivity contribution in [1.82, 2.24) is 0 Å². The molecule has 0 heterocycles. The molecule has 0 saturated heterocycles. The first-order valence-corrected chi connectivity index (χ1v) is 7.99. The number of methoxy groups -OCH3 is 1. The molecule has 9 heteroatoms. The lowest BCUT2D eigenvalue weighted by atomic mass is 10.1. The van der Waals surface area contributed by atoms with Gasteiger partial charge < -0.3 is 20.9 Å². The molecule has 0 radical (unpaired) electrons. The van der Waals surface area contributed by atoms with Crippen LogP contribution in [0.2, 0.25) is 0 Å². The molecular weight excluding hydrogens is 350 g/mol. The molecule has 0 aromatic heterocycles. The smallest absolute Gasteiger partial charge is 0.315 e. The highest BCUT2D eigenvalue weighted by Crippen LogP contribution is 2.38. The van der Waals surface area contributed by atoms with E-state index < -0.39 is 4.92 Å². The monoisotopic (exact) mass is 371 g/mol. The number of hydrogen-bond acceptors (Lipinski definition) is 6. The summed E-state index contributed by atoms with van der Waals surface area (Å²) in [6, 6.07) is 8.81. The average molecular weight is 371 g/mol. The summed E-state index contributed by atoms with van der Waals surface area (Å²) in [5, 5.41) is 18.6. The number of nitrogens with two attached hydrogens (primary N) is 2. The summed E-state index contributed by atoms with van der Waals surface area (Å²) < 4.78 is 11.0. The predicted octanol–water partition coefficient (Wildman–Crippen LogP) is 2.41. The lowest BCUT2D eigenvalue weighted by molar-refractivity contribution is -0.386. The van der Waals surface area contributed by atoms with E-state index in [2.05, 4.69) is 10.2 Å². The van der Waals surface area contributed by atoms with Crippen LogP contribution in [0.3, 0.4) is 0 Å². The molecule has 0 unspecified atom stereocenters. The molecule has 0 atom stereocenters. The van der Waals surface area contributed by atoms with Gasteiger partial charge in [0.05, 0.1) is 18.2 Å². The number of nitro benzene ring substituents is 1. The van der Waals surface area contributed by atoms with E-state index in [-0.39, 0.29) is 29.8 Å². The molecule has 2 aromatic rings. The molecule has 0 amide bonds. The first-order valence-electron chi connectivity index (χ1n) is 7.99. The molecule has 4 N–H and O–H groups in total. The third kappa shape index (κ3) is 5.18. The molecule has 0 aliphatic carbocycles. The fourth-order valence-corrected chi connectivity index (χ4v) is 2.38. The van der Waals surface area contributed by atoms with Gasteiger partial charge in [0.2, 0.25) is 11.7 Å². The highest BCUT2D eigenvalue weighted by molar-refractivity contribution is 5.84. The highest BCUT2D eigenvalue weighted by Gasteiger charge is 2.22. The van der Waals surface area contributed by atoms with E-state index in [1.54, 1.807) is 6.07 Å². The standard InChI is InChI=1S/C18H21N5O4/c1-11-4-5-12(2)14(6-11)10-27-17-15(23(24)25)7-13(8-16(17)26-3)9-21-22-18(19)20/h4-9H,10H2,1-3H3,(H4,19,20,22)/b21-9-. The second kappa shape index (κ2) is 8.65. The van der Waals surface area contributed by atoms with Crippen molar-refractivity contribution in [3.63, 3.8) is 0 Å². The Labute approximate surface area is 156 Å². The van der Waals surface area contributed by atoms with Crippen molar-refractivity contribution in [3.8, 4) is 11.5 Å². The summed E-state index contributed by atoms with van der Waals surface area (Å²) in [4.78, 5) is 11.0. The Morgan fingerprint density at radius 2 is 2.00 bits per heavy atom. The van der Waals surface area contributed by atoms with E-state index in [1.165, 1.54) is 19.4 Å². The zero-order valence-corrected chi connectivity index (χ0v) is 15.3. The van der Waals surface area contributed by atoms with E-state index in [4.69, 9.17) is 20.9 Å². The Balaban J connectivity index is 2.39. The molecule has 0 saturated carbocycles. The number of hydrogen-bond donors (Lipinski definition) is 2. The number of benzene rings is 2. The van der Waals surface area contributed by atoms with Crippen LogP contribution in [0.5, 0.6) is 11.5 Å². The molecule has 9 nitrogen and oxygen atoms in total. The molecule has 142 valence electrons. The van der Waals surface area contributed by atoms with Crippen LogP contribution in [0.25, 0.3) is 0 Å². The van der Waals surface area contributed by atoms with Crippen molar-refractivity contribution in [2.75, 3.05) is 7.11 Å². The minimum Gasteiger partial charge on any atom is -0.493 e. The largest absolute Gasteiger partial charge is 0.493 e. The fraction of sp³-hybridized carbons (Fsp3) is 0.222. The molecule has 0 bridgehead atoms. The Morgan fingerprint density at radius 3 is 2.63 bits per heavy atom. The molecule has 2 rings (SSSR count). The van der Waals surface area contributed by atoms with Crippen molar-refractivity contribution in [2.24, 2.45) is 21.7 Å². The van der Waals surface area contributed by atoms with Gasteiger partial charge in [0, 0.05) is 11.6 Å². The van der Waals surface area contributed by atoms with Crippen LogP contribution in [-0.2, 0) is 6.61 Å². The van der Waals surface area contributed by atoms with Crippen LogP contribution in [0.1, 0.15) is 22.3 Å². The zero-order chi connectivity index (χ0) is 20.0. The van der Waals surface area contributed by atoms with Crippen molar-refractivity contribution in [3.05, 3.63) is 62.7 Å². The maximum atomic E-state index is 11.5. The minimum atomic E-state index is -0.543. The van der Waals surface area contributed by atoms with Crippen molar-refractivity contribution in [2.45, 2.75) is 20.5 Å². The zero-order valence-electron chi connectivity index (χ0n) is 15.3. The Bertz CT molecular complexity index is 905. The van der Waals surface area contributed by atoms with Gasteiger partial charge in [0.1, 0.15) is 6.61 Å². The fourth-order valence-electron chi connectivity index (χ4n) is 2.38. The third-order valence-corrected chi connectivity index (χ3v) is 3.73. The highest BCUT2D eigenvalue weighted by atomic mass is 16.6. The van der Waals surface area contributed by atoms with Gasteiger partial charge in [-0.1, -0.05) is 23.8 Å². The van der Waals surface area contributed by atoms with E-state index in [0.29, 0.717) is 5.56 Å². The van der Waals surface area contributed by atoms with Gasteiger partial charge in [-0.3, -0.25) is 10.1 Å². The topological polar surface area (TPSA) is 138 Å². The lowest BCUT2D eigenvalue weighted by Gasteiger charge is -2.13. The van der Waals surface area contributed by atoms with E-state index in [9.17, 15) is 10.1 Å². The van der Waals surface area contributed by atoms with E-state index >= 15 is 0 Å². The first-order chi connectivity index (χ1) is 12.8. The van der Waals surface area contributed by atoms with Gasteiger partial charge >= 0.3 is 5.69 Å². The Hall–Kier alpha value is -3.62. The number of nitrogens with zero attached hydrogens (tertiary/aromatic N) is 3. The van der Waals surface area contributed by atoms with Gasteiger partial charge in [-0.2, -0.15) is 5.10 Å². The average Bonchev–Trinajstić information content (AvgIpc) is 2.61. The van der Waals surface area contributed by atoms with Crippen LogP contribution < -0.4 is 20.9 Å². The molecule has 27 heavy (non-hydrogen) atoms. The Kier molecular flexibility index (Phi) is 6.32. The number of guanidine groups is 1. The molecule has 2 aromatic carbocycles. The minimum absolute atomic E-state index is 0.0439. The van der Waals surface area contributed by atoms with Gasteiger partial charge in [-0.05, 0) is 31.0 Å². The van der Waals surface area contributed by atoms with Gasteiger partial charge in [-0.25, -0.2) is 0 Å². The van der Waals surface area contributed by atoms with Crippen LogP contribution in [0, 0.1) is 24.0 Å². The number of rotatable bonds is 7. The summed E-state index contributed by atoms with van der Waals surface area (Å²) in [5.74, 6) is 0.0317. The number of ether oxygens (including phenoxy) is 2. The number of aryl methyl sites for hydroxylation is 2. The summed E-state index contributed by atoms with van der Waals surface area (Å²) >= 11 is 0.